The van der Waals surface area contributed by atoms with Gasteiger partial charge < -0.3 is 5.11 Å². The number of phenols is 1. The Hall–Kier alpha value is -1.09. The van der Waals surface area contributed by atoms with Gasteiger partial charge >= 0.3 is 0 Å². The first-order valence-corrected chi connectivity index (χ1v) is 6.77. The van der Waals surface area contributed by atoms with Gasteiger partial charge in [-0.05, 0) is 23.8 Å². The van der Waals surface area contributed by atoms with E-state index in [2.05, 4.69) is 31.8 Å². The Morgan fingerprint density at radius 1 is 1.22 bits per heavy atom. The van der Waals surface area contributed by atoms with Gasteiger partial charge in [0.15, 0.2) is 0 Å². The van der Waals surface area contributed by atoms with Crippen molar-refractivity contribution in [2.75, 3.05) is 32.7 Å². The van der Waals surface area contributed by atoms with Gasteiger partial charge in [0.05, 0.1) is 12.6 Å². The monoisotopic (exact) mass is 309 g/mol. The predicted octanol–water partition coefficient (Wildman–Crippen LogP) is 1.80. The summed E-state index contributed by atoms with van der Waals surface area (Å²) in [4.78, 5) is 4.50. The lowest BCUT2D eigenvalue weighted by molar-refractivity contribution is 0.138. The standard InChI is InChI=1S/C13H16BrN3O/c14-13-2-1-12(18)9-11(13)10-17-7-5-16(4-3-15)6-8-17/h1-2,9,18H,4-8,10H2. The Morgan fingerprint density at radius 2 is 1.89 bits per heavy atom. The molecule has 0 aliphatic carbocycles. The number of hydrogen-bond donors (Lipinski definition) is 1. The van der Waals surface area contributed by atoms with E-state index < -0.39 is 0 Å². The molecule has 1 saturated heterocycles. The fourth-order valence-corrected chi connectivity index (χ4v) is 2.50. The molecule has 0 saturated carbocycles. The third-order valence-electron chi connectivity index (χ3n) is 3.18. The van der Waals surface area contributed by atoms with Crippen LogP contribution in [-0.4, -0.2) is 47.6 Å². The molecule has 18 heavy (non-hydrogen) atoms. The highest BCUT2D eigenvalue weighted by Crippen LogP contribution is 2.23. The van der Waals surface area contributed by atoms with Gasteiger partial charge in [-0.3, -0.25) is 9.80 Å². The normalized spacial score (nSPS) is 17.6. The summed E-state index contributed by atoms with van der Waals surface area (Å²) in [6, 6.07) is 7.53. The second-order valence-electron chi connectivity index (χ2n) is 4.49. The van der Waals surface area contributed by atoms with Crippen molar-refractivity contribution in [3.63, 3.8) is 0 Å². The van der Waals surface area contributed by atoms with Gasteiger partial charge in [-0.1, -0.05) is 15.9 Å². The van der Waals surface area contributed by atoms with E-state index in [1.54, 1.807) is 12.1 Å². The fourth-order valence-electron chi connectivity index (χ4n) is 2.13. The highest BCUT2D eigenvalue weighted by atomic mass is 79.9. The summed E-state index contributed by atoms with van der Waals surface area (Å²) in [5.74, 6) is 0.302. The lowest BCUT2D eigenvalue weighted by Crippen LogP contribution is -2.45. The van der Waals surface area contributed by atoms with Gasteiger partial charge in [-0.2, -0.15) is 5.26 Å². The molecule has 1 N–H and O–H groups in total. The first-order chi connectivity index (χ1) is 8.69. The molecule has 0 radical (unpaired) electrons. The highest BCUT2D eigenvalue weighted by Gasteiger charge is 2.17. The lowest BCUT2D eigenvalue weighted by Gasteiger charge is -2.33. The Morgan fingerprint density at radius 3 is 2.56 bits per heavy atom. The molecular formula is C13H16BrN3O. The Kier molecular flexibility index (Phi) is 4.59. The van der Waals surface area contributed by atoms with Crippen molar-refractivity contribution in [2.45, 2.75) is 6.54 Å². The van der Waals surface area contributed by atoms with Gasteiger partial charge in [0.1, 0.15) is 5.75 Å². The van der Waals surface area contributed by atoms with Crippen LogP contribution in [0.2, 0.25) is 0 Å². The first-order valence-electron chi connectivity index (χ1n) is 5.98. The zero-order chi connectivity index (χ0) is 13.0. The molecule has 0 spiro atoms. The molecule has 0 atom stereocenters. The van der Waals surface area contributed by atoms with Gasteiger partial charge in [-0.25, -0.2) is 0 Å². The van der Waals surface area contributed by atoms with Crippen LogP contribution in [0, 0.1) is 11.3 Å². The number of phenolic OH excluding ortho intramolecular Hbond substituents is 1. The molecular weight excluding hydrogens is 294 g/mol. The molecule has 0 unspecified atom stereocenters. The van der Waals surface area contributed by atoms with Crippen LogP contribution in [0.3, 0.4) is 0 Å². The molecule has 1 aromatic rings. The zero-order valence-electron chi connectivity index (χ0n) is 10.1. The molecule has 0 aromatic heterocycles. The van der Waals surface area contributed by atoms with Crippen LogP contribution in [0.5, 0.6) is 5.75 Å². The average Bonchev–Trinajstić information content (AvgIpc) is 2.37. The van der Waals surface area contributed by atoms with Gasteiger partial charge in [-0.15, -0.1) is 0 Å². The molecule has 1 aliphatic heterocycles. The molecule has 5 heteroatoms. The number of nitriles is 1. The van der Waals surface area contributed by atoms with E-state index in [9.17, 15) is 5.11 Å². The van der Waals surface area contributed by atoms with Crippen molar-refractivity contribution in [1.29, 1.82) is 5.26 Å². The predicted molar refractivity (Wildman–Crippen MR) is 73.1 cm³/mol. The SMILES string of the molecule is N#CCN1CCN(Cc2cc(O)ccc2Br)CC1. The summed E-state index contributed by atoms with van der Waals surface area (Å²) >= 11 is 3.50. The van der Waals surface area contributed by atoms with Crippen LogP contribution < -0.4 is 0 Å². The molecule has 4 nitrogen and oxygen atoms in total. The Bertz CT molecular complexity index is 450. The minimum atomic E-state index is 0.302. The summed E-state index contributed by atoms with van der Waals surface area (Å²) in [5.41, 5.74) is 1.10. The van der Waals surface area contributed by atoms with E-state index in [1.807, 2.05) is 6.07 Å². The van der Waals surface area contributed by atoms with Crippen LogP contribution >= 0.6 is 15.9 Å². The summed E-state index contributed by atoms with van der Waals surface area (Å²) < 4.78 is 1.03. The minimum absolute atomic E-state index is 0.302. The van der Waals surface area contributed by atoms with Crippen molar-refractivity contribution in [1.82, 2.24) is 9.80 Å². The zero-order valence-corrected chi connectivity index (χ0v) is 11.7. The maximum Gasteiger partial charge on any atom is 0.115 e. The molecule has 2 rings (SSSR count). The van der Waals surface area contributed by atoms with Crippen LogP contribution in [0.15, 0.2) is 22.7 Å². The average molecular weight is 310 g/mol. The van der Waals surface area contributed by atoms with E-state index in [0.717, 1.165) is 42.8 Å². The number of nitrogens with zero attached hydrogens (tertiary/aromatic N) is 3. The summed E-state index contributed by atoms with van der Waals surface area (Å²) in [7, 11) is 0. The van der Waals surface area contributed by atoms with Gasteiger partial charge in [0, 0.05) is 37.2 Å². The van der Waals surface area contributed by atoms with Crippen LogP contribution in [-0.2, 0) is 6.54 Å². The lowest BCUT2D eigenvalue weighted by atomic mass is 10.2. The van der Waals surface area contributed by atoms with E-state index >= 15 is 0 Å². The van der Waals surface area contributed by atoms with Crippen molar-refractivity contribution < 1.29 is 5.11 Å². The third-order valence-corrected chi connectivity index (χ3v) is 3.96. The molecule has 96 valence electrons. The number of halogens is 1. The number of aromatic hydroxyl groups is 1. The fraction of sp³-hybridized carbons (Fsp3) is 0.462. The van der Waals surface area contributed by atoms with Crippen LogP contribution in [0.4, 0.5) is 0 Å². The minimum Gasteiger partial charge on any atom is -0.508 e. The van der Waals surface area contributed by atoms with Crippen molar-refractivity contribution in [3.8, 4) is 11.8 Å². The maximum atomic E-state index is 9.50. The molecule has 1 aliphatic rings. The maximum absolute atomic E-state index is 9.50. The Balaban J connectivity index is 1.92. The highest BCUT2D eigenvalue weighted by molar-refractivity contribution is 9.10. The number of piperazine rings is 1. The van der Waals surface area contributed by atoms with Crippen molar-refractivity contribution in [2.24, 2.45) is 0 Å². The second-order valence-corrected chi connectivity index (χ2v) is 5.34. The largest absolute Gasteiger partial charge is 0.508 e. The van der Waals surface area contributed by atoms with Crippen molar-refractivity contribution >= 4 is 15.9 Å². The molecule has 1 fully saturated rings. The smallest absolute Gasteiger partial charge is 0.115 e. The number of rotatable bonds is 3. The van der Waals surface area contributed by atoms with Gasteiger partial charge in [0.2, 0.25) is 0 Å². The number of hydrogen-bond acceptors (Lipinski definition) is 4. The van der Waals surface area contributed by atoms with E-state index in [1.165, 1.54) is 0 Å². The third kappa shape index (κ3) is 3.45. The molecule has 1 heterocycles. The molecule has 0 bridgehead atoms. The first kappa shape index (κ1) is 13.3. The summed E-state index contributed by atoms with van der Waals surface area (Å²) in [5, 5.41) is 18.1. The number of benzene rings is 1. The topological polar surface area (TPSA) is 50.5 Å². The second kappa shape index (κ2) is 6.19. The Labute approximate surface area is 116 Å². The summed E-state index contributed by atoms with van der Waals surface area (Å²) in [6.45, 7) is 5.14. The van der Waals surface area contributed by atoms with Gasteiger partial charge in [0.25, 0.3) is 0 Å². The molecule has 0 amide bonds. The van der Waals surface area contributed by atoms with Crippen molar-refractivity contribution in [3.05, 3.63) is 28.2 Å². The van der Waals surface area contributed by atoms with E-state index in [-0.39, 0.29) is 0 Å². The van der Waals surface area contributed by atoms with Crippen LogP contribution in [0.25, 0.3) is 0 Å². The molecule has 1 aromatic carbocycles. The summed E-state index contributed by atoms with van der Waals surface area (Å²) in [6.07, 6.45) is 0. The van der Waals surface area contributed by atoms with Crippen LogP contribution in [0.1, 0.15) is 5.56 Å². The van der Waals surface area contributed by atoms with E-state index in [4.69, 9.17) is 5.26 Å². The van der Waals surface area contributed by atoms with E-state index in [0.29, 0.717) is 12.3 Å². The quantitative estimate of drug-likeness (QED) is 0.865.